The SMILES string of the molecule is CO[C@H](C)C(=O)N1CCN([C@H](C)C(=O)NC2CCCC2)CC1. The molecule has 2 rings (SSSR count). The summed E-state index contributed by atoms with van der Waals surface area (Å²) >= 11 is 0. The van der Waals surface area contributed by atoms with E-state index in [1.54, 1.807) is 14.0 Å². The van der Waals surface area contributed by atoms with Crippen LogP contribution < -0.4 is 5.32 Å². The molecule has 2 amide bonds. The Hall–Kier alpha value is -1.14. The number of methoxy groups -OCH3 is 1. The average Bonchev–Trinajstić information content (AvgIpc) is 3.05. The predicted octanol–water partition coefficient (Wildman–Crippen LogP) is 0.613. The summed E-state index contributed by atoms with van der Waals surface area (Å²) in [6.07, 6.45) is 4.26. The molecule has 22 heavy (non-hydrogen) atoms. The van der Waals surface area contributed by atoms with Crippen molar-refractivity contribution in [1.82, 2.24) is 15.1 Å². The fourth-order valence-corrected chi connectivity index (χ4v) is 3.25. The highest BCUT2D eigenvalue weighted by atomic mass is 16.5. The molecular formula is C16H29N3O3. The van der Waals surface area contributed by atoms with Crippen molar-refractivity contribution in [1.29, 1.82) is 0 Å². The lowest BCUT2D eigenvalue weighted by molar-refractivity contribution is -0.143. The third-order valence-electron chi connectivity index (χ3n) is 4.96. The summed E-state index contributed by atoms with van der Waals surface area (Å²) < 4.78 is 5.08. The Bertz CT molecular complexity index is 388. The lowest BCUT2D eigenvalue weighted by Crippen LogP contribution is -2.56. The predicted molar refractivity (Wildman–Crippen MR) is 84.5 cm³/mol. The van der Waals surface area contributed by atoms with Crippen LogP contribution in [0.1, 0.15) is 39.5 Å². The summed E-state index contributed by atoms with van der Waals surface area (Å²) in [4.78, 5) is 28.4. The van der Waals surface area contributed by atoms with Crippen LogP contribution in [-0.2, 0) is 14.3 Å². The van der Waals surface area contributed by atoms with E-state index in [1.165, 1.54) is 12.8 Å². The number of carbonyl (C=O) groups is 2. The first-order valence-corrected chi connectivity index (χ1v) is 8.39. The largest absolute Gasteiger partial charge is 0.372 e. The van der Waals surface area contributed by atoms with Gasteiger partial charge < -0.3 is 15.0 Å². The lowest BCUT2D eigenvalue weighted by atomic mass is 10.1. The fourth-order valence-electron chi connectivity index (χ4n) is 3.25. The van der Waals surface area contributed by atoms with Crippen LogP contribution in [0, 0.1) is 0 Å². The van der Waals surface area contributed by atoms with Gasteiger partial charge in [0.1, 0.15) is 6.10 Å². The van der Waals surface area contributed by atoms with Gasteiger partial charge in [0.25, 0.3) is 5.91 Å². The maximum atomic E-state index is 12.3. The Labute approximate surface area is 133 Å². The number of nitrogens with zero attached hydrogens (tertiary/aromatic N) is 2. The van der Waals surface area contributed by atoms with Crippen LogP contribution >= 0.6 is 0 Å². The van der Waals surface area contributed by atoms with E-state index in [9.17, 15) is 9.59 Å². The molecular weight excluding hydrogens is 282 g/mol. The van der Waals surface area contributed by atoms with Crippen LogP contribution in [0.2, 0.25) is 0 Å². The second-order valence-corrected chi connectivity index (χ2v) is 6.41. The maximum Gasteiger partial charge on any atom is 0.251 e. The van der Waals surface area contributed by atoms with Crippen LogP contribution in [0.5, 0.6) is 0 Å². The summed E-state index contributed by atoms with van der Waals surface area (Å²) in [6.45, 7) is 6.52. The van der Waals surface area contributed by atoms with Gasteiger partial charge >= 0.3 is 0 Å². The average molecular weight is 311 g/mol. The number of nitrogens with one attached hydrogen (secondary N) is 1. The second-order valence-electron chi connectivity index (χ2n) is 6.41. The van der Waals surface area contributed by atoms with Crippen molar-refractivity contribution in [2.45, 2.75) is 57.7 Å². The molecule has 126 valence electrons. The van der Waals surface area contributed by atoms with Gasteiger partial charge in [-0.25, -0.2) is 0 Å². The molecule has 6 heteroatoms. The van der Waals surface area contributed by atoms with Crippen LogP contribution in [0.3, 0.4) is 0 Å². The first-order chi connectivity index (χ1) is 10.5. The van der Waals surface area contributed by atoms with E-state index in [1.807, 2.05) is 11.8 Å². The first-order valence-electron chi connectivity index (χ1n) is 8.39. The van der Waals surface area contributed by atoms with E-state index in [2.05, 4.69) is 10.2 Å². The van der Waals surface area contributed by atoms with Gasteiger partial charge in [-0.15, -0.1) is 0 Å². The highest BCUT2D eigenvalue weighted by Crippen LogP contribution is 2.18. The zero-order valence-electron chi connectivity index (χ0n) is 14.0. The van der Waals surface area contributed by atoms with Crippen molar-refractivity contribution < 1.29 is 14.3 Å². The summed E-state index contributed by atoms with van der Waals surface area (Å²) in [6, 6.07) is 0.234. The van der Waals surface area contributed by atoms with Crippen LogP contribution in [0.25, 0.3) is 0 Å². The molecule has 1 N–H and O–H groups in total. The van der Waals surface area contributed by atoms with Gasteiger partial charge in [0, 0.05) is 39.3 Å². The Kier molecular flexibility index (Phi) is 6.20. The third-order valence-corrected chi connectivity index (χ3v) is 4.96. The number of carbonyl (C=O) groups excluding carboxylic acids is 2. The molecule has 0 bridgehead atoms. The highest BCUT2D eigenvalue weighted by Gasteiger charge is 2.30. The van der Waals surface area contributed by atoms with Gasteiger partial charge in [-0.3, -0.25) is 14.5 Å². The minimum atomic E-state index is -0.394. The lowest BCUT2D eigenvalue weighted by Gasteiger charge is -2.38. The van der Waals surface area contributed by atoms with E-state index in [4.69, 9.17) is 4.74 Å². The van der Waals surface area contributed by atoms with Crippen LogP contribution in [-0.4, -0.2) is 73.1 Å². The van der Waals surface area contributed by atoms with Crippen molar-refractivity contribution in [3.63, 3.8) is 0 Å². The Balaban J connectivity index is 1.77. The molecule has 6 nitrogen and oxygen atoms in total. The quantitative estimate of drug-likeness (QED) is 0.808. The molecule has 1 saturated heterocycles. The van der Waals surface area contributed by atoms with E-state index in [0.717, 1.165) is 25.9 Å². The fraction of sp³-hybridized carbons (Fsp3) is 0.875. The monoisotopic (exact) mass is 311 g/mol. The minimum Gasteiger partial charge on any atom is -0.372 e. The van der Waals surface area contributed by atoms with E-state index in [-0.39, 0.29) is 17.9 Å². The molecule has 0 unspecified atom stereocenters. The Morgan fingerprint density at radius 2 is 1.68 bits per heavy atom. The number of ether oxygens (including phenoxy) is 1. The zero-order chi connectivity index (χ0) is 16.1. The molecule has 0 aromatic heterocycles. The van der Waals surface area contributed by atoms with Crippen LogP contribution in [0.15, 0.2) is 0 Å². The summed E-state index contributed by atoms with van der Waals surface area (Å²) in [5.41, 5.74) is 0. The number of amides is 2. The normalized spacial score (nSPS) is 23.3. The molecule has 2 atom stereocenters. The van der Waals surface area contributed by atoms with Gasteiger partial charge in [0.15, 0.2) is 0 Å². The number of hydrogen-bond donors (Lipinski definition) is 1. The molecule has 1 saturated carbocycles. The van der Waals surface area contributed by atoms with Crippen molar-refractivity contribution >= 4 is 11.8 Å². The molecule has 0 radical (unpaired) electrons. The van der Waals surface area contributed by atoms with Crippen molar-refractivity contribution in [2.24, 2.45) is 0 Å². The van der Waals surface area contributed by atoms with Gasteiger partial charge in [-0.1, -0.05) is 12.8 Å². The number of hydrogen-bond acceptors (Lipinski definition) is 4. The minimum absolute atomic E-state index is 0.0326. The molecule has 0 spiro atoms. The highest BCUT2D eigenvalue weighted by molar-refractivity contribution is 5.82. The zero-order valence-corrected chi connectivity index (χ0v) is 14.0. The molecule has 1 aliphatic carbocycles. The topological polar surface area (TPSA) is 61.9 Å². The molecule has 0 aromatic carbocycles. The third kappa shape index (κ3) is 4.20. The van der Waals surface area contributed by atoms with Crippen molar-refractivity contribution in [3.8, 4) is 0 Å². The standard InChI is InChI=1S/C16H29N3O3/c1-12(15(20)17-14-6-4-5-7-14)18-8-10-19(11-9-18)16(21)13(2)22-3/h12-14H,4-11H2,1-3H3,(H,17,20)/t12-,13-/m1/s1. The van der Waals surface area contributed by atoms with Crippen molar-refractivity contribution in [2.75, 3.05) is 33.3 Å². The summed E-state index contributed by atoms with van der Waals surface area (Å²) in [5.74, 6) is 0.155. The summed E-state index contributed by atoms with van der Waals surface area (Å²) in [7, 11) is 1.55. The molecule has 0 aromatic rings. The Morgan fingerprint density at radius 1 is 1.09 bits per heavy atom. The van der Waals surface area contributed by atoms with E-state index >= 15 is 0 Å². The van der Waals surface area contributed by atoms with Gasteiger partial charge in [0.2, 0.25) is 5.91 Å². The van der Waals surface area contributed by atoms with E-state index in [0.29, 0.717) is 19.1 Å². The molecule has 2 fully saturated rings. The van der Waals surface area contributed by atoms with E-state index < -0.39 is 6.10 Å². The maximum absolute atomic E-state index is 12.3. The first kappa shape index (κ1) is 17.2. The van der Waals surface area contributed by atoms with Gasteiger partial charge in [-0.05, 0) is 26.7 Å². The molecule has 1 heterocycles. The second kappa shape index (κ2) is 7.92. The number of rotatable bonds is 5. The molecule has 1 aliphatic heterocycles. The van der Waals surface area contributed by atoms with Gasteiger partial charge in [-0.2, -0.15) is 0 Å². The van der Waals surface area contributed by atoms with Gasteiger partial charge in [0.05, 0.1) is 6.04 Å². The smallest absolute Gasteiger partial charge is 0.251 e. The number of piperazine rings is 1. The Morgan fingerprint density at radius 3 is 2.23 bits per heavy atom. The molecule has 2 aliphatic rings. The van der Waals surface area contributed by atoms with Crippen molar-refractivity contribution in [3.05, 3.63) is 0 Å². The van der Waals surface area contributed by atoms with Crippen LogP contribution in [0.4, 0.5) is 0 Å². The summed E-state index contributed by atoms with van der Waals surface area (Å²) in [5, 5.41) is 3.16.